The molecule has 3 atom stereocenters. The van der Waals surface area contributed by atoms with Crippen LogP contribution in [-0.2, 0) is 24.4 Å². The van der Waals surface area contributed by atoms with Crippen molar-refractivity contribution in [2.24, 2.45) is 0 Å². The van der Waals surface area contributed by atoms with Crippen LogP contribution in [-0.4, -0.2) is 167 Å². The summed E-state index contributed by atoms with van der Waals surface area (Å²) in [7, 11) is 6.51. The van der Waals surface area contributed by atoms with Crippen molar-refractivity contribution in [1.29, 1.82) is 0 Å². The molecule has 122 heavy (non-hydrogen) atoms. The Morgan fingerprint density at radius 3 is 1.15 bits per heavy atom. The second-order valence-corrected chi connectivity index (χ2v) is 32.5. The van der Waals surface area contributed by atoms with Crippen molar-refractivity contribution in [3.8, 4) is 50.6 Å². The number of aromatic amines is 2. The lowest BCUT2D eigenvalue weighted by Gasteiger charge is -2.29. The highest BCUT2D eigenvalue weighted by atomic mass is 35.5. The molecular weight excluding hydrogens is 1570 g/mol. The maximum Gasteiger partial charge on any atom is 0.331 e. The first-order valence-electron chi connectivity index (χ1n) is 41.6. The number of hydrogen-bond acceptors (Lipinski definition) is 14. The summed E-state index contributed by atoms with van der Waals surface area (Å²) in [4.78, 5) is 90.1. The van der Waals surface area contributed by atoms with Crippen LogP contribution in [0.5, 0.6) is 17.2 Å². The molecule has 3 amide bonds. The van der Waals surface area contributed by atoms with Gasteiger partial charge < -0.3 is 59.1 Å². The Morgan fingerprint density at radius 2 is 0.770 bits per heavy atom. The lowest BCUT2D eigenvalue weighted by atomic mass is 9.88. The van der Waals surface area contributed by atoms with Gasteiger partial charge in [-0.2, -0.15) is 0 Å². The number of carboxylic acids is 1. The molecule has 3 unspecified atom stereocenters. The molecule has 624 valence electrons. The molecule has 10 heterocycles. The largest absolute Gasteiger partial charge is 0.508 e. The zero-order chi connectivity index (χ0) is 83.7. The first-order valence-corrected chi connectivity index (χ1v) is 41.6. The van der Waals surface area contributed by atoms with E-state index < -0.39 is 41.5 Å². The number of piperidine rings is 3. The third kappa shape index (κ3) is 17.3. The number of aliphatic carboxylic acids is 1. The molecule has 9 aromatic carbocycles. The summed E-state index contributed by atoms with van der Waals surface area (Å²) in [6, 6.07) is 56.4. The average Bonchev–Trinajstić information content (AvgIpc) is 1.61. The fourth-order valence-corrected chi connectivity index (χ4v) is 18.2. The highest BCUT2D eigenvalue weighted by Crippen LogP contribution is 2.45. The van der Waals surface area contributed by atoms with Crippen LogP contribution in [0.4, 0.5) is 13.2 Å². The summed E-state index contributed by atoms with van der Waals surface area (Å²) in [6.07, 6.45) is 13.7. The predicted molar refractivity (Wildman–Crippen MR) is 466 cm³/mol. The molecule has 4 N–H and O–H groups in total. The number of phenolic OH excluding ortho intramolecular Hbond substituents is 1. The number of likely N-dealkylation sites (tertiary alicyclic amines) is 3. The van der Waals surface area contributed by atoms with Crippen molar-refractivity contribution in [1.82, 2.24) is 59.3 Å². The third-order valence-electron chi connectivity index (χ3n) is 24.8. The molecule has 13 aromatic rings. The highest BCUT2D eigenvalue weighted by Gasteiger charge is 2.42. The molecule has 0 saturated carbocycles. The highest BCUT2D eigenvalue weighted by molar-refractivity contribution is 6.03. The monoisotopic (exact) mass is 1660 g/mol. The fourth-order valence-electron chi connectivity index (χ4n) is 18.2. The number of carbonyl (C=O) groups excluding carboxylic acids is 3. The number of imidazole rings is 2. The minimum Gasteiger partial charge on any atom is -0.508 e. The van der Waals surface area contributed by atoms with E-state index in [1.54, 1.807) is 53.6 Å². The van der Waals surface area contributed by atoms with Crippen LogP contribution in [0.25, 0.3) is 55.4 Å². The number of ether oxygens (including phenoxy) is 2. The van der Waals surface area contributed by atoms with Crippen LogP contribution in [0.2, 0.25) is 0 Å². The number of phenols is 1. The zero-order valence-electron chi connectivity index (χ0n) is 68.6. The fraction of sp³-hybridized carbons (Fsp3) is 0.286. The van der Waals surface area contributed by atoms with Gasteiger partial charge >= 0.3 is 5.97 Å². The van der Waals surface area contributed by atoms with Gasteiger partial charge in [-0.1, -0.05) is 109 Å². The van der Waals surface area contributed by atoms with E-state index in [1.165, 1.54) is 89.7 Å². The number of fused-ring (bicyclic) bond motifs is 5. The number of carboxylic acid groups (broad SMARTS) is 1. The minimum absolute atomic E-state index is 0. The van der Waals surface area contributed by atoms with E-state index in [2.05, 4.69) is 135 Å². The molecule has 3 saturated heterocycles. The van der Waals surface area contributed by atoms with Gasteiger partial charge in [0.15, 0.2) is 6.04 Å². The van der Waals surface area contributed by atoms with Gasteiger partial charge in [-0.05, 0) is 282 Å². The Hall–Kier alpha value is -12.5. The smallest absolute Gasteiger partial charge is 0.331 e. The molecule has 6 aliphatic rings. The Morgan fingerprint density at radius 1 is 0.434 bits per heavy atom. The molecule has 24 heteroatoms. The molecule has 4 aromatic heterocycles. The van der Waals surface area contributed by atoms with Crippen LogP contribution >= 0.6 is 12.4 Å². The molecule has 0 radical (unpaired) electrons. The average molecular weight is 1660 g/mol. The molecule has 19 rings (SSSR count). The van der Waals surface area contributed by atoms with E-state index in [9.17, 15) is 42.6 Å². The molecule has 20 nitrogen and oxygen atoms in total. The van der Waals surface area contributed by atoms with Gasteiger partial charge in [0.2, 0.25) is 0 Å². The van der Waals surface area contributed by atoms with Gasteiger partial charge in [0.25, 0.3) is 17.7 Å². The maximum atomic E-state index is 14.7. The summed E-state index contributed by atoms with van der Waals surface area (Å²) in [6.45, 7) is 11.9. The number of aromatic hydroxyl groups is 1. The number of nitrogens with zero attached hydrogens (tertiary/aromatic N) is 10. The van der Waals surface area contributed by atoms with E-state index >= 15 is 0 Å². The van der Waals surface area contributed by atoms with Crippen LogP contribution < -0.4 is 9.47 Å². The number of aromatic nitrogens is 6. The topological polar surface area (TPSA) is 230 Å². The van der Waals surface area contributed by atoms with Gasteiger partial charge in [-0.25, -0.2) is 27.9 Å². The Bertz CT molecular complexity index is 5960. The van der Waals surface area contributed by atoms with Crippen molar-refractivity contribution in [2.45, 2.75) is 108 Å². The Labute approximate surface area is 712 Å². The number of rotatable bonds is 19. The summed E-state index contributed by atoms with van der Waals surface area (Å²) in [5.74, 6) is -0.0825. The molecular formula is C98H96ClF3N12O8. The number of carbonyl (C=O) groups is 4. The van der Waals surface area contributed by atoms with Gasteiger partial charge in [0.1, 0.15) is 58.4 Å². The summed E-state index contributed by atoms with van der Waals surface area (Å²) in [5, 5.41) is 20.8. The number of hydrogen-bond donors (Lipinski definition) is 4. The third-order valence-corrected chi connectivity index (χ3v) is 24.8. The first kappa shape index (κ1) is 83.1. The molecule has 6 aliphatic heterocycles. The van der Waals surface area contributed by atoms with Gasteiger partial charge in [0.05, 0.1) is 47.7 Å². The van der Waals surface area contributed by atoms with Crippen molar-refractivity contribution < 1.29 is 52.0 Å². The summed E-state index contributed by atoms with van der Waals surface area (Å²) in [5.41, 5.74) is 18.1. The Balaban J connectivity index is 0.000000136. The number of amides is 3. The van der Waals surface area contributed by atoms with Crippen molar-refractivity contribution in [3.05, 3.63) is 315 Å². The minimum atomic E-state index is -1.37. The number of H-pyrrole nitrogens is 2. The Kier molecular flexibility index (Phi) is 24.5. The van der Waals surface area contributed by atoms with Crippen LogP contribution in [0.3, 0.4) is 0 Å². The van der Waals surface area contributed by atoms with E-state index in [1.807, 2.05) is 61.5 Å². The van der Waals surface area contributed by atoms with Crippen LogP contribution in [0.15, 0.2) is 219 Å². The van der Waals surface area contributed by atoms with Crippen molar-refractivity contribution in [3.63, 3.8) is 0 Å². The number of pyridine rings is 2. The van der Waals surface area contributed by atoms with E-state index in [0.717, 1.165) is 119 Å². The molecule has 0 bridgehead atoms. The lowest BCUT2D eigenvalue weighted by Crippen LogP contribution is -2.34. The van der Waals surface area contributed by atoms with E-state index in [4.69, 9.17) is 19.4 Å². The first-order chi connectivity index (χ1) is 58.8. The number of benzene rings is 9. The van der Waals surface area contributed by atoms with E-state index in [-0.39, 0.29) is 59.3 Å². The van der Waals surface area contributed by atoms with Gasteiger partial charge in [-0.15, -0.1) is 12.4 Å². The SMILES string of the molecule is CCOc1ccc(F)cc1C(C(=O)O)N1Cc2ccc(-c3ccc(C4CCN(C)CC4)cc3)cc2C1=O.CCOc1ccc(F)cc1C(c1nc2ccncc2[nH]1)N1Cc2ccc(-c3ccc(C4CCN(C)CC4)cc3)cc2C1=O.CN1CCC(c2ccc(-c3ccc4c(c3)C(=O)N(C(c3nc5ccncc5[nH]3)c3cc(F)ccc3O)C4)cc2)CC1.Cl. The van der Waals surface area contributed by atoms with Crippen molar-refractivity contribution in [2.75, 3.05) is 73.6 Å². The summed E-state index contributed by atoms with van der Waals surface area (Å²) >= 11 is 0. The van der Waals surface area contributed by atoms with Crippen molar-refractivity contribution >= 4 is 58.2 Å². The maximum absolute atomic E-state index is 14.7. The zero-order valence-corrected chi connectivity index (χ0v) is 69.4. The summed E-state index contributed by atoms with van der Waals surface area (Å²) < 4.78 is 54.7. The van der Waals surface area contributed by atoms with E-state index in [0.29, 0.717) is 94.7 Å². The van der Waals surface area contributed by atoms with Crippen LogP contribution in [0, 0.1) is 17.5 Å². The van der Waals surface area contributed by atoms with Crippen LogP contribution in [0.1, 0.15) is 181 Å². The molecule has 0 spiro atoms. The normalized spacial score (nSPS) is 16.7. The van der Waals surface area contributed by atoms with Gasteiger partial charge in [0, 0.05) is 65.4 Å². The molecule has 0 aliphatic carbocycles. The predicted octanol–water partition coefficient (Wildman–Crippen LogP) is 18.6. The number of halogens is 4. The standard InChI is InChI=1S/C35H34FN5O2.C33H30FN5O2.C30H31FN2O4.ClH/c1-3-43-32-11-10-27(36)19-29(32)33(34-38-30-12-15-37-20-31(30)39-34)41-21-26-9-8-25(18-28(26)35(41)42)23-6-4-22(5-7-23)24-13-16-40(2)17-14-24;1-38-14-11-22(12-15-38)20-2-4-21(5-3-20)23-6-7-24-19-39(33(41)26(24)16-23)31(27-17-25(34)8-9-30(27)40)32-36-28-10-13-35-18-29(28)37-32;1-3-37-27-11-10-24(31)17-26(27)28(30(35)36)33-18-23-9-8-22(16-25(23)29(33)34)20-6-4-19(5-7-20)21-12-14-32(2)15-13-21;/h4-12,15,18-20,24,33H,3,13-14,16-17,21H2,1-2H3,(H,38,39);2-10,13,16-18,22,31,40H,11-12,14-15,19H2,1H3,(H,36,37);4-11,16-17,21,28H,3,12-15,18H2,1-2H3,(H,35,36);1H. The lowest BCUT2D eigenvalue weighted by molar-refractivity contribution is -0.142. The molecule has 3 fully saturated rings. The quantitative estimate of drug-likeness (QED) is 0.0590. The number of nitrogens with one attached hydrogen (secondary N) is 2. The second kappa shape index (κ2) is 36.0. The van der Waals surface area contributed by atoms with Gasteiger partial charge in [-0.3, -0.25) is 24.4 Å². The second-order valence-electron chi connectivity index (χ2n) is 32.5.